The highest BCUT2D eigenvalue weighted by molar-refractivity contribution is 6.33. The summed E-state index contributed by atoms with van der Waals surface area (Å²) in [6.45, 7) is 2.56. The molecule has 1 N–H and O–H groups in total. The first-order valence-corrected chi connectivity index (χ1v) is 10.3. The Morgan fingerprint density at radius 1 is 1.25 bits per heavy atom. The molecule has 1 aromatic carbocycles. The Labute approximate surface area is 171 Å². The molecule has 0 spiro atoms. The van der Waals surface area contributed by atoms with Crippen molar-refractivity contribution in [2.24, 2.45) is 5.92 Å². The molecule has 1 saturated carbocycles. The predicted octanol–water partition coefficient (Wildman–Crippen LogP) is 3.85. The van der Waals surface area contributed by atoms with Crippen molar-refractivity contribution in [3.05, 3.63) is 22.2 Å². The van der Waals surface area contributed by atoms with Gasteiger partial charge < -0.3 is 24.2 Å². The van der Waals surface area contributed by atoms with Crippen LogP contribution < -0.4 is 9.47 Å². The number of halogens is 1. The van der Waals surface area contributed by atoms with Crippen molar-refractivity contribution in [2.45, 2.75) is 57.6 Å². The van der Waals surface area contributed by atoms with Gasteiger partial charge in [-0.05, 0) is 37.8 Å². The zero-order chi connectivity index (χ0) is 20.3. The van der Waals surface area contributed by atoms with Crippen molar-refractivity contribution in [2.75, 3.05) is 27.6 Å². The fourth-order valence-corrected chi connectivity index (χ4v) is 4.89. The Morgan fingerprint density at radius 2 is 1.96 bits per heavy atom. The lowest BCUT2D eigenvalue weighted by Gasteiger charge is -2.32. The van der Waals surface area contributed by atoms with E-state index < -0.39 is 12.0 Å². The van der Waals surface area contributed by atoms with Crippen LogP contribution in [0.4, 0.5) is 0 Å². The number of hydrogen-bond donors (Lipinski definition) is 1. The van der Waals surface area contributed by atoms with Crippen molar-refractivity contribution in [3.8, 4) is 11.5 Å². The highest BCUT2D eigenvalue weighted by Crippen LogP contribution is 2.45. The molecule has 2 aliphatic rings. The van der Waals surface area contributed by atoms with Gasteiger partial charge in [-0.3, -0.25) is 4.79 Å². The van der Waals surface area contributed by atoms with E-state index in [1.807, 2.05) is 11.8 Å². The summed E-state index contributed by atoms with van der Waals surface area (Å²) in [5.74, 6) is 0.337. The largest absolute Gasteiger partial charge is 0.493 e. The number of aryl methyl sites for hydroxylation is 1. The van der Waals surface area contributed by atoms with Gasteiger partial charge >= 0.3 is 0 Å². The number of nitrogens with zero attached hydrogens (tertiary/aromatic N) is 1. The molecule has 1 saturated heterocycles. The monoisotopic (exact) mass is 411 g/mol. The fourth-order valence-electron chi connectivity index (χ4n) is 4.48. The smallest absolute Gasteiger partial charge is 0.228 e. The molecular formula is C21H30ClNO5. The number of ether oxygens (including phenoxy) is 3. The molecule has 6 nitrogen and oxygen atoms in total. The third-order valence-electron chi connectivity index (χ3n) is 5.95. The van der Waals surface area contributed by atoms with E-state index in [1.165, 1.54) is 33.5 Å². The van der Waals surface area contributed by atoms with Crippen LogP contribution in [0.15, 0.2) is 6.07 Å². The Balaban J connectivity index is 1.85. The Morgan fingerprint density at radius 3 is 2.61 bits per heavy atom. The van der Waals surface area contributed by atoms with Crippen LogP contribution >= 0.6 is 11.6 Å². The van der Waals surface area contributed by atoms with Crippen molar-refractivity contribution in [1.82, 2.24) is 4.90 Å². The lowest BCUT2D eigenvalue weighted by molar-refractivity contribution is -0.136. The fraction of sp³-hybridized carbons (Fsp3) is 0.667. The summed E-state index contributed by atoms with van der Waals surface area (Å²) in [6.07, 6.45) is 5.36. The van der Waals surface area contributed by atoms with Crippen molar-refractivity contribution in [3.63, 3.8) is 0 Å². The van der Waals surface area contributed by atoms with Crippen LogP contribution in [-0.4, -0.2) is 49.5 Å². The SMILES string of the molecule is COCOc1c(OC)cc(C)c(C(O)C2CCN(C3CCCCC3)C2=O)c1Cl. The van der Waals surface area contributed by atoms with Gasteiger partial charge in [0.1, 0.15) is 0 Å². The minimum Gasteiger partial charge on any atom is -0.493 e. The number of hydrogen-bond acceptors (Lipinski definition) is 5. The summed E-state index contributed by atoms with van der Waals surface area (Å²) in [5.41, 5.74) is 1.29. The molecule has 156 valence electrons. The minimum absolute atomic E-state index is 0.00644. The molecule has 1 amide bonds. The molecule has 2 unspecified atom stereocenters. The summed E-state index contributed by atoms with van der Waals surface area (Å²) in [6, 6.07) is 2.08. The molecular weight excluding hydrogens is 382 g/mol. The molecule has 1 aliphatic carbocycles. The van der Waals surface area contributed by atoms with Gasteiger partial charge in [-0.25, -0.2) is 0 Å². The van der Waals surface area contributed by atoms with E-state index in [9.17, 15) is 9.90 Å². The first kappa shape index (κ1) is 21.2. The predicted molar refractivity (Wildman–Crippen MR) is 107 cm³/mol. The average molecular weight is 412 g/mol. The van der Waals surface area contributed by atoms with Crippen LogP contribution in [0.3, 0.4) is 0 Å². The molecule has 2 atom stereocenters. The van der Waals surface area contributed by atoms with Crippen LogP contribution in [0.2, 0.25) is 5.02 Å². The summed E-state index contributed by atoms with van der Waals surface area (Å²) in [5, 5.41) is 11.4. The molecule has 1 aliphatic heterocycles. The van der Waals surface area contributed by atoms with Gasteiger partial charge in [-0.1, -0.05) is 30.9 Å². The Hall–Kier alpha value is -1.50. The topological polar surface area (TPSA) is 68.2 Å². The van der Waals surface area contributed by atoms with Crippen LogP contribution in [0, 0.1) is 12.8 Å². The average Bonchev–Trinajstić information content (AvgIpc) is 3.08. The zero-order valence-corrected chi connectivity index (χ0v) is 17.6. The number of amides is 1. The third kappa shape index (κ3) is 4.09. The number of aliphatic hydroxyl groups is 1. The number of carbonyl (C=O) groups is 1. The number of benzene rings is 1. The number of rotatable bonds is 7. The quantitative estimate of drug-likeness (QED) is 0.690. The van der Waals surface area contributed by atoms with Crippen LogP contribution in [-0.2, 0) is 9.53 Å². The lowest BCUT2D eigenvalue weighted by Crippen LogP contribution is -2.39. The number of aliphatic hydroxyl groups excluding tert-OH is 1. The van der Waals surface area contributed by atoms with Gasteiger partial charge in [-0.15, -0.1) is 0 Å². The van der Waals surface area contributed by atoms with E-state index in [2.05, 4.69) is 0 Å². The summed E-state index contributed by atoms with van der Waals surface area (Å²) < 4.78 is 15.9. The Kier molecular flexibility index (Phi) is 7.07. The van der Waals surface area contributed by atoms with E-state index in [0.717, 1.165) is 18.4 Å². The second-order valence-corrected chi connectivity index (χ2v) is 8.04. The molecule has 1 aromatic rings. The van der Waals surface area contributed by atoms with Crippen molar-refractivity contribution < 1.29 is 24.1 Å². The highest BCUT2D eigenvalue weighted by atomic mass is 35.5. The summed E-state index contributed by atoms with van der Waals surface area (Å²) >= 11 is 6.59. The number of methoxy groups -OCH3 is 2. The maximum absolute atomic E-state index is 13.1. The molecule has 0 radical (unpaired) electrons. The van der Waals surface area contributed by atoms with Crippen molar-refractivity contribution in [1.29, 1.82) is 0 Å². The van der Waals surface area contributed by atoms with Gasteiger partial charge in [0.15, 0.2) is 18.3 Å². The number of carbonyl (C=O) groups excluding carboxylic acids is 1. The van der Waals surface area contributed by atoms with Gasteiger partial charge in [0.25, 0.3) is 0 Å². The molecule has 7 heteroatoms. The summed E-state index contributed by atoms with van der Waals surface area (Å²) in [4.78, 5) is 15.0. The molecule has 0 aromatic heterocycles. The second kappa shape index (κ2) is 9.33. The maximum atomic E-state index is 13.1. The van der Waals surface area contributed by atoms with Gasteiger partial charge in [-0.2, -0.15) is 0 Å². The minimum atomic E-state index is -0.982. The molecule has 0 bridgehead atoms. The van der Waals surface area contributed by atoms with Gasteiger partial charge in [0.05, 0.1) is 24.2 Å². The third-order valence-corrected chi connectivity index (χ3v) is 6.32. The molecule has 1 heterocycles. The maximum Gasteiger partial charge on any atom is 0.228 e. The van der Waals surface area contributed by atoms with E-state index in [-0.39, 0.29) is 17.7 Å². The highest BCUT2D eigenvalue weighted by Gasteiger charge is 2.41. The summed E-state index contributed by atoms with van der Waals surface area (Å²) in [7, 11) is 3.05. The van der Waals surface area contributed by atoms with Gasteiger partial charge in [0.2, 0.25) is 5.91 Å². The lowest BCUT2D eigenvalue weighted by atomic mass is 9.90. The Bertz CT molecular complexity index is 705. The zero-order valence-electron chi connectivity index (χ0n) is 16.9. The second-order valence-electron chi connectivity index (χ2n) is 7.67. The molecule has 3 rings (SSSR count). The van der Waals surface area contributed by atoms with E-state index in [0.29, 0.717) is 36.1 Å². The van der Waals surface area contributed by atoms with Gasteiger partial charge in [0, 0.05) is 25.3 Å². The number of likely N-dealkylation sites (tertiary alicyclic amines) is 1. The van der Waals surface area contributed by atoms with E-state index in [4.69, 9.17) is 25.8 Å². The van der Waals surface area contributed by atoms with Crippen molar-refractivity contribution >= 4 is 17.5 Å². The molecule has 28 heavy (non-hydrogen) atoms. The van der Waals surface area contributed by atoms with Crippen LogP contribution in [0.25, 0.3) is 0 Å². The van der Waals surface area contributed by atoms with E-state index >= 15 is 0 Å². The van der Waals surface area contributed by atoms with Crippen LogP contribution in [0.1, 0.15) is 55.8 Å². The van der Waals surface area contributed by atoms with E-state index in [1.54, 1.807) is 6.07 Å². The molecule has 2 fully saturated rings. The standard InChI is InChI=1S/C21H30ClNO5/c1-13-11-16(27-3)20(28-12-26-2)18(22)17(13)19(24)15-9-10-23(21(15)25)14-7-5-4-6-8-14/h11,14-15,19,24H,4-10,12H2,1-3H3. The van der Waals surface area contributed by atoms with Crippen LogP contribution in [0.5, 0.6) is 11.5 Å². The first-order valence-electron chi connectivity index (χ1n) is 9.96. The first-order chi connectivity index (χ1) is 13.5. The normalized spacial score (nSPS) is 21.8.